The summed E-state index contributed by atoms with van der Waals surface area (Å²) in [6.07, 6.45) is 0. The molecule has 3 N–H and O–H groups in total. The predicted octanol–water partition coefficient (Wildman–Crippen LogP) is 3.42. The first-order valence-electron chi connectivity index (χ1n) is 5.88. The van der Waals surface area contributed by atoms with E-state index in [1.54, 1.807) is 0 Å². The molecule has 0 heterocycles. The molecule has 0 bridgehead atoms. The molecule has 0 aliphatic rings. The van der Waals surface area contributed by atoms with Crippen molar-refractivity contribution in [1.29, 1.82) is 0 Å². The molecule has 0 aliphatic carbocycles. The molecule has 0 fully saturated rings. The highest BCUT2D eigenvalue weighted by molar-refractivity contribution is 8.00. The highest BCUT2D eigenvalue weighted by Crippen LogP contribution is 2.27. The van der Waals surface area contributed by atoms with E-state index < -0.39 is 23.4 Å². The number of carbonyl (C=O) groups excluding carboxylic acids is 1. The molecule has 0 saturated carbocycles. The summed E-state index contributed by atoms with van der Waals surface area (Å²) in [7, 11) is 0. The minimum Gasteiger partial charge on any atom is -0.399 e. The number of nitrogens with one attached hydrogen (secondary N) is 1. The minimum atomic E-state index is -0.823. The molecule has 2 rings (SSSR count). The molecule has 0 saturated heterocycles. The van der Waals surface area contributed by atoms with Crippen LogP contribution in [0.1, 0.15) is 0 Å². The van der Waals surface area contributed by atoms with E-state index in [1.807, 2.05) is 0 Å². The van der Waals surface area contributed by atoms with E-state index in [9.17, 15) is 18.0 Å². The molecule has 2 aromatic rings. The second-order valence-corrected chi connectivity index (χ2v) is 5.15. The predicted molar refractivity (Wildman–Crippen MR) is 76.5 cm³/mol. The lowest BCUT2D eigenvalue weighted by Crippen LogP contribution is -2.14. The second kappa shape index (κ2) is 6.53. The maximum atomic E-state index is 13.5. The quantitative estimate of drug-likeness (QED) is 0.672. The number of nitrogen functional groups attached to an aromatic ring is 1. The van der Waals surface area contributed by atoms with Crippen molar-refractivity contribution in [3.8, 4) is 0 Å². The maximum absolute atomic E-state index is 13.5. The molecule has 0 unspecified atom stereocenters. The largest absolute Gasteiger partial charge is 0.399 e. The first kappa shape index (κ1) is 15.2. The van der Waals surface area contributed by atoms with Crippen LogP contribution in [0.5, 0.6) is 0 Å². The van der Waals surface area contributed by atoms with Gasteiger partial charge >= 0.3 is 0 Å². The van der Waals surface area contributed by atoms with Gasteiger partial charge < -0.3 is 11.1 Å². The fourth-order valence-electron chi connectivity index (χ4n) is 1.62. The van der Waals surface area contributed by atoms with Crippen molar-refractivity contribution in [2.24, 2.45) is 0 Å². The first-order valence-corrected chi connectivity index (χ1v) is 6.87. The zero-order valence-electron chi connectivity index (χ0n) is 10.7. The van der Waals surface area contributed by atoms with Gasteiger partial charge in [-0.3, -0.25) is 4.79 Å². The lowest BCUT2D eigenvalue weighted by Gasteiger charge is -2.07. The third-order valence-electron chi connectivity index (χ3n) is 2.48. The molecule has 0 aliphatic heterocycles. The molecule has 0 atom stereocenters. The van der Waals surface area contributed by atoms with E-state index in [4.69, 9.17) is 5.73 Å². The molecule has 3 nitrogen and oxygen atoms in total. The number of hydrogen-bond donors (Lipinski definition) is 2. The Morgan fingerprint density at radius 1 is 1.14 bits per heavy atom. The average Bonchev–Trinajstić information content (AvgIpc) is 2.37. The van der Waals surface area contributed by atoms with Gasteiger partial charge in [0, 0.05) is 11.4 Å². The Kier molecular flexibility index (Phi) is 4.74. The van der Waals surface area contributed by atoms with E-state index >= 15 is 0 Å². The monoisotopic (exact) mass is 312 g/mol. The summed E-state index contributed by atoms with van der Waals surface area (Å²) in [5.74, 6) is -2.85. The summed E-state index contributed by atoms with van der Waals surface area (Å²) in [6.45, 7) is 0. The fourth-order valence-corrected chi connectivity index (χ4v) is 2.36. The van der Waals surface area contributed by atoms with Gasteiger partial charge in [0.05, 0.1) is 10.6 Å². The molecule has 110 valence electrons. The number of anilines is 2. The van der Waals surface area contributed by atoms with Crippen molar-refractivity contribution in [3.05, 3.63) is 53.8 Å². The Labute approximate surface area is 123 Å². The topological polar surface area (TPSA) is 55.1 Å². The molecule has 7 heteroatoms. The summed E-state index contributed by atoms with van der Waals surface area (Å²) in [5, 5.41) is 2.43. The Morgan fingerprint density at radius 3 is 2.43 bits per heavy atom. The Hall–Kier alpha value is -2.15. The summed E-state index contributed by atoms with van der Waals surface area (Å²) < 4.78 is 40.0. The van der Waals surface area contributed by atoms with Crippen LogP contribution in [-0.2, 0) is 4.79 Å². The molecule has 1 amide bonds. The van der Waals surface area contributed by atoms with Crippen LogP contribution < -0.4 is 11.1 Å². The highest BCUT2D eigenvalue weighted by atomic mass is 32.2. The van der Waals surface area contributed by atoms with Crippen molar-refractivity contribution in [3.63, 3.8) is 0 Å². The van der Waals surface area contributed by atoms with Gasteiger partial charge in [-0.25, -0.2) is 13.2 Å². The number of amides is 1. The van der Waals surface area contributed by atoms with Gasteiger partial charge in [0.2, 0.25) is 5.91 Å². The minimum absolute atomic E-state index is 0.0291. The number of thioether (sulfide) groups is 1. The lowest BCUT2D eigenvalue weighted by molar-refractivity contribution is -0.113. The van der Waals surface area contributed by atoms with Gasteiger partial charge in [-0.1, -0.05) is 6.07 Å². The third-order valence-corrected chi connectivity index (χ3v) is 3.56. The van der Waals surface area contributed by atoms with Crippen molar-refractivity contribution in [1.82, 2.24) is 0 Å². The number of benzene rings is 2. The van der Waals surface area contributed by atoms with E-state index in [1.165, 1.54) is 18.2 Å². The van der Waals surface area contributed by atoms with Gasteiger partial charge in [-0.05, 0) is 30.3 Å². The number of carbonyl (C=O) groups is 1. The first-order chi connectivity index (χ1) is 9.95. The van der Waals surface area contributed by atoms with Crippen molar-refractivity contribution < 1.29 is 18.0 Å². The molecular weight excluding hydrogens is 301 g/mol. The van der Waals surface area contributed by atoms with E-state index in [2.05, 4.69) is 5.32 Å². The summed E-state index contributed by atoms with van der Waals surface area (Å²) in [5.41, 5.74) is 5.54. The van der Waals surface area contributed by atoms with Crippen LogP contribution >= 0.6 is 11.8 Å². The number of halogens is 3. The van der Waals surface area contributed by atoms with Gasteiger partial charge in [0.15, 0.2) is 0 Å². The average molecular weight is 312 g/mol. The van der Waals surface area contributed by atoms with Gasteiger partial charge in [-0.15, -0.1) is 11.8 Å². The molecule has 21 heavy (non-hydrogen) atoms. The molecule has 2 aromatic carbocycles. The van der Waals surface area contributed by atoms with Crippen molar-refractivity contribution in [2.75, 3.05) is 16.8 Å². The SMILES string of the molecule is Nc1cc(F)c(SCC(=O)Nc2cccc(F)c2)c(F)c1. The number of rotatable bonds is 4. The van der Waals surface area contributed by atoms with Crippen LogP contribution in [0.3, 0.4) is 0 Å². The summed E-state index contributed by atoms with van der Waals surface area (Å²) >= 11 is 0.703. The smallest absolute Gasteiger partial charge is 0.234 e. The van der Waals surface area contributed by atoms with Crippen LogP contribution in [0, 0.1) is 17.5 Å². The maximum Gasteiger partial charge on any atom is 0.234 e. The van der Waals surface area contributed by atoms with Crippen LogP contribution in [0.15, 0.2) is 41.3 Å². The lowest BCUT2D eigenvalue weighted by atomic mass is 10.3. The van der Waals surface area contributed by atoms with Crippen LogP contribution in [0.4, 0.5) is 24.5 Å². The standard InChI is InChI=1S/C14H11F3N2OS/c15-8-2-1-3-10(4-8)19-13(20)7-21-14-11(16)5-9(18)6-12(14)17/h1-6H,7,18H2,(H,19,20). The second-order valence-electron chi connectivity index (χ2n) is 4.16. The van der Waals surface area contributed by atoms with Crippen LogP contribution in [0.2, 0.25) is 0 Å². The summed E-state index contributed by atoms with van der Waals surface area (Å²) in [6, 6.07) is 7.30. The van der Waals surface area contributed by atoms with Gasteiger partial charge in [-0.2, -0.15) is 0 Å². The Morgan fingerprint density at radius 2 is 1.81 bits per heavy atom. The fraction of sp³-hybridized carbons (Fsp3) is 0.0714. The number of nitrogens with two attached hydrogens (primary N) is 1. The van der Waals surface area contributed by atoms with Crippen molar-refractivity contribution in [2.45, 2.75) is 4.90 Å². The van der Waals surface area contributed by atoms with Crippen molar-refractivity contribution >= 4 is 29.0 Å². The van der Waals surface area contributed by atoms with E-state index in [0.29, 0.717) is 11.8 Å². The normalized spacial score (nSPS) is 10.4. The van der Waals surface area contributed by atoms with E-state index in [-0.39, 0.29) is 22.0 Å². The Balaban J connectivity index is 1.99. The van der Waals surface area contributed by atoms with Gasteiger partial charge in [0.25, 0.3) is 0 Å². The zero-order valence-corrected chi connectivity index (χ0v) is 11.5. The van der Waals surface area contributed by atoms with E-state index in [0.717, 1.165) is 18.2 Å². The molecule has 0 aromatic heterocycles. The molecule has 0 radical (unpaired) electrons. The van der Waals surface area contributed by atoms with Crippen LogP contribution in [0.25, 0.3) is 0 Å². The zero-order chi connectivity index (χ0) is 15.4. The molecular formula is C14H11F3N2OS. The Bertz CT molecular complexity index is 656. The van der Waals surface area contributed by atoms with Crippen LogP contribution in [-0.4, -0.2) is 11.7 Å². The summed E-state index contributed by atoms with van der Waals surface area (Å²) in [4.78, 5) is 11.4. The third kappa shape index (κ3) is 4.16. The number of hydrogen-bond acceptors (Lipinski definition) is 3. The highest BCUT2D eigenvalue weighted by Gasteiger charge is 2.13. The molecule has 0 spiro atoms. The van der Waals surface area contributed by atoms with Gasteiger partial charge in [0.1, 0.15) is 17.5 Å².